The number of carboxylic acids is 1. The van der Waals surface area contributed by atoms with Crippen LogP contribution in [0.3, 0.4) is 0 Å². The van der Waals surface area contributed by atoms with Gasteiger partial charge in [0.05, 0.1) is 7.11 Å². The second kappa shape index (κ2) is 6.51. The van der Waals surface area contributed by atoms with Crippen molar-refractivity contribution in [2.75, 3.05) is 14.2 Å². The standard InChI is InChI=1S/C12H17NO3S/c1-13-11(12(14)15)10(17)7-8-3-5-9(16-2)6-4-8/h3-6,10-11,13,17H,7H2,1-2H3,(H,14,15)/t10?,11-/m0/s1. The highest BCUT2D eigenvalue weighted by Gasteiger charge is 2.23. The predicted molar refractivity (Wildman–Crippen MR) is 70.0 cm³/mol. The molecule has 4 nitrogen and oxygen atoms in total. The van der Waals surface area contributed by atoms with Gasteiger partial charge >= 0.3 is 5.97 Å². The summed E-state index contributed by atoms with van der Waals surface area (Å²) in [6.45, 7) is 0. The van der Waals surface area contributed by atoms with E-state index < -0.39 is 12.0 Å². The minimum atomic E-state index is -0.888. The summed E-state index contributed by atoms with van der Waals surface area (Å²) < 4.78 is 5.06. The molecule has 0 fully saturated rings. The first-order valence-electron chi connectivity index (χ1n) is 5.29. The predicted octanol–water partition coefficient (Wildman–Crippen LogP) is 1.21. The fraction of sp³-hybridized carbons (Fsp3) is 0.417. The van der Waals surface area contributed by atoms with E-state index in [1.165, 1.54) is 0 Å². The highest BCUT2D eigenvalue weighted by atomic mass is 32.1. The summed E-state index contributed by atoms with van der Waals surface area (Å²) in [5, 5.41) is 11.4. The van der Waals surface area contributed by atoms with Crippen molar-refractivity contribution in [2.45, 2.75) is 17.7 Å². The largest absolute Gasteiger partial charge is 0.497 e. The first-order valence-corrected chi connectivity index (χ1v) is 5.81. The smallest absolute Gasteiger partial charge is 0.321 e. The third-order valence-corrected chi connectivity index (χ3v) is 3.05. The van der Waals surface area contributed by atoms with Crippen molar-refractivity contribution in [3.63, 3.8) is 0 Å². The Morgan fingerprint density at radius 2 is 2.06 bits per heavy atom. The van der Waals surface area contributed by atoms with Crippen LogP contribution < -0.4 is 10.1 Å². The van der Waals surface area contributed by atoms with Gasteiger partial charge in [0.25, 0.3) is 0 Å². The molecule has 0 spiro atoms. The highest BCUT2D eigenvalue weighted by molar-refractivity contribution is 7.81. The summed E-state index contributed by atoms with van der Waals surface area (Å²) in [4.78, 5) is 10.9. The molecule has 0 aliphatic carbocycles. The fourth-order valence-corrected chi connectivity index (χ4v) is 2.09. The number of hydrogen-bond acceptors (Lipinski definition) is 4. The van der Waals surface area contributed by atoms with E-state index in [9.17, 15) is 4.79 Å². The van der Waals surface area contributed by atoms with Crippen LogP contribution in [0.1, 0.15) is 5.56 Å². The number of rotatable bonds is 6. The van der Waals surface area contributed by atoms with Gasteiger partial charge in [-0.15, -0.1) is 0 Å². The highest BCUT2D eigenvalue weighted by Crippen LogP contribution is 2.16. The van der Waals surface area contributed by atoms with Gasteiger partial charge < -0.3 is 15.2 Å². The van der Waals surface area contributed by atoms with Crippen LogP contribution in [0.5, 0.6) is 5.75 Å². The molecule has 0 aromatic heterocycles. The van der Waals surface area contributed by atoms with Crippen LogP contribution in [-0.2, 0) is 11.2 Å². The number of nitrogens with one attached hydrogen (secondary N) is 1. The molecule has 1 unspecified atom stereocenters. The van der Waals surface area contributed by atoms with Gasteiger partial charge in [-0.05, 0) is 31.2 Å². The molecule has 5 heteroatoms. The maximum Gasteiger partial charge on any atom is 0.321 e. The van der Waals surface area contributed by atoms with E-state index in [0.29, 0.717) is 6.42 Å². The molecule has 2 N–H and O–H groups in total. The van der Waals surface area contributed by atoms with Crippen molar-refractivity contribution >= 4 is 18.6 Å². The molecule has 2 atom stereocenters. The summed E-state index contributed by atoms with van der Waals surface area (Å²) in [6, 6.07) is 6.88. The normalized spacial score (nSPS) is 14.1. The van der Waals surface area contributed by atoms with Gasteiger partial charge in [-0.25, -0.2) is 0 Å². The number of likely N-dealkylation sites (N-methyl/N-ethyl adjacent to an activating group) is 1. The molecular formula is C12H17NO3S. The van der Waals surface area contributed by atoms with Crippen LogP contribution in [0, 0.1) is 0 Å². The van der Waals surface area contributed by atoms with Gasteiger partial charge in [0.2, 0.25) is 0 Å². The minimum absolute atomic E-state index is 0.272. The average Bonchev–Trinajstić information content (AvgIpc) is 2.30. The van der Waals surface area contributed by atoms with Crippen LogP contribution in [0.25, 0.3) is 0 Å². The quantitative estimate of drug-likeness (QED) is 0.669. The molecule has 0 radical (unpaired) electrons. The Balaban J connectivity index is 2.66. The Bertz CT molecular complexity index is 367. The molecule has 0 bridgehead atoms. The van der Waals surface area contributed by atoms with Crippen LogP contribution in [-0.4, -0.2) is 36.5 Å². The second-order valence-corrected chi connectivity index (χ2v) is 4.39. The van der Waals surface area contributed by atoms with Crippen molar-refractivity contribution in [2.24, 2.45) is 0 Å². The zero-order chi connectivity index (χ0) is 12.8. The van der Waals surface area contributed by atoms with E-state index in [1.807, 2.05) is 24.3 Å². The third-order valence-electron chi connectivity index (χ3n) is 2.57. The number of thiol groups is 1. The number of methoxy groups -OCH3 is 1. The molecule has 0 aliphatic rings. The minimum Gasteiger partial charge on any atom is -0.497 e. The number of carboxylic acid groups (broad SMARTS) is 1. The van der Waals surface area contributed by atoms with E-state index >= 15 is 0 Å². The summed E-state index contributed by atoms with van der Waals surface area (Å²) in [5.41, 5.74) is 1.03. The first kappa shape index (κ1) is 13.9. The number of ether oxygens (including phenoxy) is 1. The SMILES string of the molecule is CN[C@H](C(=O)O)C(S)Cc1ccc(OC)cc1. The zero-order valence-electron chi connectivity index (χ0n) is 9.88. The first-order chi connectivity index (χ1) is 8.08. The van der Waals surface area contributed by atoms with Gasteiger partial charge in [-0.3, -0.25) is 4.79 Å². The number of aliphatic carboxylic acids is 1. The van der Waals surface area contributed by atoms with Crippen LogP contribution >= 0.6 is 12.6 Å². The summed E-state index contributed by atoms with van der Waals surface area (Å²) in [6.07, 6.45) is 0.588. The van der Waals surface area contributed by atoms with E-state index in [2.05, 4.69) is 17.9 Å². The molecule has 94 valence electrons. The van der Waals surface area contributed by atoms with Crippen molar-refractivity contribution in [3.8, 4) is 5.75 Å². The topological polar surface area (TPSA) is 58.6 Å². The van der Waals surface area contributed by atoms with Crippen molar-refractivity contribution < 1.29 is 14.6 Å². The van der Waals surface area contributed by atoms with Crippen LogP contribution in [0.15, 0.2) is 24.3 Å². The van der Waals surface area contributed by atoms with E-state index in [-0.39, 0.29) is 5.25 Å². The number of hydrogen-bond donors (Lipinski definition) is 3. The monoisotopic (exact) mass is 255 g/mol. The van der Waals surface area contributed by atoms with E-state index in [1.54, 1.807) is 14.2 Å². The maximum absolute atomic E-state index is 10.9. The van der Waals surface area contributed by atoms with Crippen molar-refractivity contribution in [3.05, 3.63) is 29.8 Å². The molecule has 1 aromatic carbocycles. The summed E-state index contributed by atoms with van der Waals surface area (Å²) in [5.74, 6) is -0.103. The zero-order valence-corrected chi connectivity index (χ0v) is 10.8. The van der Waals surface area contributed by atoms with Crippen molar-refractivity contribution in [1.82, 2.24) is 5.32 Å². The fourth-order valence-electron chi connectivity index (χ4n) is 1.60. The molecule has 1 rings (SSSR count). The molecule has 1 aromatic rings. The van der Waals surface area contributed by atoms with Gasteiger partial charge in [-0.1, -0.05) is 12.1 Å². The lowest BCUT2D eigenvalue weighted by molar-refractivity contribution is -0.139. The molecular weight excluding hydrogens is 238 g/mol. The lowest BCUT2D eigenvalue weighted by Gasteiger charge is -2.18. The van der Waals surface area contributed by atoms with Gasteiger partial charge in [0.1, 0.15) is 11.8 Å². The molecule has 0 saturated carbocycles. The lowest BCUT2D eigenvalue weighted by atomic mass is 10.0. The molecule has 0 saturated heterocycles. The Morgan fingerprint density at radius 1 is 1.47 bits per heavy atom. The second-order valence-electron chi connectivity index (χ2n) is 3.72. The van der Waals surface area contributed by atoms with Gasteiger partial charge in [-0.2, -0.15) is 12.6 Å². The van der Waals surface area contributed by atoms with Crippen LogP contribution in [0.4, 0.5) is 0 Å². The Morgan fingerprint density at radius 3 is 2.47 bits per heavy atom. The molecule has 0 heterocycles. The summed E-state index contributed by atoms with van der Waals surface area (Å²) in [7, 11) is 3.23. The Kier molecular flexibility index (Phi) is 5.31. The maximum atomic E-state index is 10.9. The van der Waals surface area contributed by atoms with Gasteiger partial charge in [0, 0.05) is 5.25 Å². The molecule has 0 aliphatic heterocycles. The number of benzene rings is 1. The lowest BCUT2D eigenvalue weighted by Crippen LogP contribution is -2.42. The van der Waals surface area contributed by atoms with E-state index in [0.717, 1.165) is 11.3 Å². The average molecular weight is 255 g/mol. The molecule has 0 amide bonds. The van der Waals surface area contributed by atoms with Crippen molar-refractivity contribution in [1.29, 1.82) is 0 Å². The van der Waals surface area contributed by atoms with Crippen LogP contribution in [0.2, 0.25) is 0 Å². The van der Waals surface area contributed by atoms with E-state index in [4.69, 9.17) is 9.84 Å². The Labute approximate surface area is 106 Å². The number of carbonyl (C=O) groups is 1. The third kappa shape index (κ3) is 3.94. The Hall–Kier alpha value is -1.20. The molecule has 17 heavy (non-hydrogen) atoms. The summed E-state index contributed by atoms with van der Waals surface area (Å²) >= 11 is 4.33. The van der Waals surface area contributed by atoms with Gasteiger partial charge in [0.15, 0.2) is 0 Å².